The molecule has 1 aromatic carbocycles. The predicted octanol–water partition coefficient (Wildman–Crippen LogP) is 2.21. The Balaban J connectivity index is 1.18. The number of hydrogen-bond acceptors (Lipinski definition) is 3. The molecular weight excluding hydrogens is 376 g/mol. The van der Waals surface area contributed by atoms with Crippen LogP contribution in [-0.2, 0) is 16.0 Å². The van der Waals surface area contributed by atoms with Gasteiger partial charge in [0.1, 0.15) is 0 Å². The first-order valence-electron chi connectivity index (χ1n) is 11.0. The monoisotopic (exact) mass is 408 g/mol. The maximum absolute atomic E-state index is 12.7. The first kappa shape index (κ1) is 20.6. The van der Waals surface area contributed by atoms with E-state index in [1.165, 1.54) is 21.6 Å². The Morgan fingerprint density at radius 2 is 1.60 bits per heavy atom. The van der Waals surface area contributed by atoms with Gasteiger partial charge in [-0.15, -0.1) is 0 Å². The Morgan fingerprint density at radius 1 is 1.00 bits per heavy atom. The minimum Gasteiger partial charge on any atom is -0.356 e. The number of hydrogen-bond donors (Lipinski definition) is 2. The van der Waals surface area contributed by atoms with Gasteiger partial charge >= 0.3 is 0 Å². The molecule has 4 rings (SSSR count). The van der Waals surface area contributed by atoms with Crippen molar-refractivity contribution in [3.8, 4) is 0 Å². The third-order valence-corrected chi connectivity index (χ3v) is 6.62. The Hall–Kier alpha value is -2.63. The number of imide groups is 1. The number of likely N-dealkylation sites (tertiary alicyclic amines) is 1. The molecule has 1 heterocycles. The van der Waals surface area contributed by atoms with Crippen molar-refractivity contribution in [1.29, 1.82) is 0 Å². The van der Waals surface area contributed by atoms with Gasteiger partial charge in [-0.05, 0) is 50.5 Å². The second kappa shape index (κ2) is 8.62. The second-order valence-corrected chi connectivity index (χ2v) is 8.85. The molecule has 1 saturated carbocycles. The summed E-state index contributed by atoms with van der Waals surface area (Å²) >= 11 is 0. The molecule has 2 bridgehead atoms. The average Bonchev–Trinajstić information content (AvgIpc) is 3.38. The molecule has 0 spiro atoms. The molecule has 160 valence electrons. The van der Waals surface area contributed by atoms with Crippen LogP contribution in [0.5, 0.6) is 0 Å². The fraction of sp³-hybridized carbons (Fsp3) is 0.542. The molecule has 1 aliphatic heterocycles. The normalized spacial score (nSPS) is 27.2. The Morgan fingerprint density at radius 3 is 2.20 bits per heavy atom. The minimum atomic E-state index is -0.0971. The summed E-state index contributed by atoms with van der Waals surface area (Å²) < 4.78 is 0. The van der Waals surface area contributed by atoms with E-state index in [2.05, 4.69) is 59.8 Å². The maximum Gasteiger partial charge on any atom is 0.233 e. The van der Waals surface area contributed by atoms with Crippen LogP contribution in [0.25, 0.3) is 0 Å². The molecule has 2 aliphatic carbocycles. The minimum absolute atomic E-state index is 0.0396. The zero-order valence-corrected chi connectivity index (χ0v) is 18.1. The molecule has 1 saturated heterocycles. The van der Waals surface area contributed by atoms with Gasteiger partial charge in [0.05, 0.1) is 11.8 Å². The van der Waals surface area contributed by atoms with Crippen molar-refractivity contribution in [3.63, 3.8) is 0 Å². The van der Waals surface area contributed by atoms with E-state index in [0.29, 0.717) is 13.1 Å². The number of carbonyl (C=O) groups excluding carboxylic acids is 2. The lowest BCUT2D eigenvalue weighted by atomic mass is 9.85. The number of allylic oxidation sites excluding steroid dienone is 2. The largest absolute Gasteiger partial charge is 0.356 e. The number of aryl methyl sites for hydroxylation is 2. The van der Waals surface area contributed by atoms with Crippen molar-refractivity contribution in [3.05, 3.63) is 47.0 Å². The van der Waals surface area contributed by atoms with E-state index in [9.17, 15) is 9.59 Å². The number of aliphatic imine (C=N–C) groups is 1. The number of nitrogens with zero attached hydrogens (tertiary/aromatic N) is 2. The Kier molecular flexibility index (Phi) is 5.93. The Bertz CT molecular complexity index is 841. The van der Waals surface area contributed by atoms with E-state index < -0.39 is 0 Å². The quantitative estimate of drug-likeness (QED) is 0.239. The number of amides is 2. The van der Waals surface area contributed by atoms with E-state index >= 15 is 0 Å². The standard InChI is InChI=1S/C24H32N4O2/c1-15-11-16(2)13-17(12-15)7-9-27-24(25-3)26-8-4-10-28-22(29)20-18-5-6-19(14-18)21(20)23(28)30/h5-6,11-13,18-21H,4,7-10,14H2,1-3H3,(H2,25,26,27). The van der Waals surface area contributed by atoms with E-state index in [1.807, 2.05) is 0 Å². The van der Waals surface area contributed by atoms with Gasteiger partial charge in [0.2, 0.25) is 11.8 Å². The lowest BCUT2D eigenvalue weighted by Gasteiger charge is -2.18. The number of benzene rings is 1. The first-order chi connectivity index (χ1) is 14.5. The van der Waals surface area contributed by atoms with Crippen molar-refractivity contribution in [2.75, 3.05) is 26.7 Å². The van der Waals surface area contributed by atoms with Crippen molar-refractivity contribution < 1.29 is 9.59 Å². The van der Waals surface area contributed by atoms with Crippen LogP contribution in [0.15, 0.2) is 35.3 Å². The molecule has 2 fully saturated rings. The SMILES string of the molecule is CN=C(NCCCN1C(=O)C2C3C=CC(C3)C2C1=O)NCCc1cc(C)cc(C)c1. The number of rotatable bonds is 7. The van der Waals surface area contributed by atoms with Crippen molar-refractivity contribution in [2.24, 2.45) is 28.7 Å². The van der Waals surface area contributed by atoms with Gasteiger partial charge in [-0.3, -0.25) is 19.5 Å². The molecule has 2 amide bonds. The zero-order valence-electron chi connectivity index (χ0n) is 18.1. The summed E-state index contributed by atoms with van der Waals surface area (Å²) in [5, 5.41) is 6.63. The topological polar surface area (TPSA) is 73.8 Å². The summed E-state index contributed by atoms with van der Waals surface area (Å²) in [5.74, 6) is 1.19. The predicted molar refractivity (Wildman–Crippen MR) is 118 cm³/mol. The van der Waals surface area contributed by atoms with E-state index in [1.54, 1.807) is 7.05 Å². The summed E-state index contributed by atoms with van der Waals surface area (Å²) in [7, 11) is 1.75. The summed E-state index contributed by atoms with van der Waals surface area (Å²) in [6.07, 6.45) is 6.90. The van der Waals surface area contributed by atoms with Crippen LogP contribution in [-0.4, -0.2) is 49.4 Å². The highest BCUT2D eigenvalue weighted by Gasteiger charge is 2.58. The third kappa shape index (κ3) is 4.00. The van der Waals surface area contributed by atoms with E-state index in [-0.39, 0.29) is 35.5 Å². The van der Waals surface area contributed by atoms with Crippen molar-refractivity contribution in [1.82, 2.24) is 15.5 Å². The van der Waals surface area contributed by atoms with Crippen LogP contribution < -0.4 is 10.6 Å². The lowest BCUT2D eigenvalue weighted by Crippen LogP contribution is -2.40. The average molecular weight is 409 g/mol. The molecule has 30 heavy (non-hydrogen) atoms. The highest BCUT2D eigenvalue weighted by atomic mass is 16.2. The van der Waals surface area contributed by atoms with Gasteiger partial charge in [0, 0.05) is 26.7 Å². The molecular formula is C24H32N4O2. The van der Waals surface area contributed by atoms with E-state index in [0.717, 1.165) is 31.8 Å². The van der Waals surface area contributed by atoms with Gasteiger partial charge < -0.3 is 10.6 Å². The summed E-state index contributed by atoms with van der Waals surface area (Å²) in [6, 6.07) is 6.61. The van der Waals surface area contributed by atoms with Crippen LogP contribution >= 0.6 is 0 Å². The smallest absolute Gasteiger partial charge is 0.233 e. The molecule has 3 aliphatic rings. The first-order valence-corrected chi connectivity index (χ1v) is 11.0. The van der Waals surface area contributed by atoms with Gasteiger partial charge in [-0.25, -0.2) is 0 Å². The van der Waals surface area contributed by atoms with Gasteiger partial charge in [0.25, 0.3) is 0 Å². The van der Waals surface area contributed by atoms with Gasteiger partial charge in [-0.2, -0.15) is 0 Å². The molecule has 1 aromatic rings. The molecule has 0 radical (unpaired) electrons. The van der Waals surface area contributed by atoms with Crippen LogP contribution in [0.3, 0.4) is 0 Å². The summed E-state index contributed by atoms with van der Waals surface area (Å²) in [4.78, 5) is 31.2. The molecule has 4 unspecified atom stereocenters. The van der Waals surface area contributed by atoms with Crippen LogP contribution in [0.1, 0.15) is 29.5 Å². The number of guanidine groups is 1. The molecule has 6 nitrogen and oxygen atoms in total. The third-order valence-electron chi connectivity index (χ3n) is 6.62. The molecule has 2 N–H and O–H groups in total. The van der Waals surface area contributed by atoms with Crippen LogP contribution in [0.2, 0.25) is 0 Å². The summed E-state index contributed by atoms with van der Waals surface area (Å²) in [5.41, 5.74) is 3.88. The highest BCUT2D eigenvalue weighted by molar-refractivity contribution is 6.06. The number of nitrogens with one attached hydrogen (secondary N) is 2. The number of fused-ring (bicyclic) bond motifs is 5. The molecule has 4 atom stereocenters. The second-order valence-electron chi connectivity index (χ2n) is 8.85. The van der Waals surface area contributed by atoms with Crippen molar-refractivity contribution >= 4 is 17.8 Å². The van der Waals surface area contributed by atoms with Crippen LogP contribution in [0, 0.1) is 37.5 Å². The zero-order chi connectivity index (χ0) is 21.3. The van der Waals surface area contributed by atoms with Gasteiger partial charge in [-0.1, -0.05) is 41.5 Å². The van der Waals surface area contributed by atoms with Gasteiger partial charge in [0.15, 0.2) is 5.96 Å². The van der Waals surface area contributed by atoms with Crippen molar-refractivity contribution in [2.45, 2.75) is 33.1 Å². The highest BCUT2D eigenvalue weighted by Crippen LogP contribution is 2.52. The fourth-order valence-electron chi connectivity index (χ4n) is 5.39. The maximum atomic E-state index is 12.7. The molecule has 6 heteroatoms. The molecule has 0 aromatic heterocycles. The number of carbonyl (C=O) groups is 2. The van der Waals surface area contributed by atoms with Crippen LogP contribution in [0.4, 0.5) is 0 Å². The summed E-state index contributed by atoms with van der Waals surface area (Å²) in [6.45, 7) is 6.19. The Labute approximate surface area is 178 Å². The van der Waals surface area contributed by atoms with E-state index in [4.69, 9.17) is 0 Å². The fourth-order valence-corrected chi connectivity index (χ4v) is 5.39. The lowest BCUT2D eigenvalue weighted by molar-refractivity contribution is -0.140.